The summed E-state index contributed by atoms with van der Waals surface area (Å²) < 4.78 is 19.5. The molecule has 6 nitrogen and oxygen atoms in total. The van der Waals surface area contributed by atoms with Crippen LogP contribution in [0.25, 0.3) is 0 Å². The number of ether oxygens (including phenoxy) is 3. The number of aromatic nitrogens is 3. The third-order valence-electron chi connectivity index (χ3n) is 4.13. The molecule has 27 heavy (non-hydrogen) atoms. The van der Waals surface area contributed by atoms with Gasteiger partial charge in [-0.25, -0.2) is 4.98 Å². The molecule has 1 saturated heterocycles. The van der Waals surface area contributed by atoms with E-state index in [9.17, 15) is 0 Å². The van der Waals surface area contributed by atoms with Crippen molar-refractivity contribution < 1.29 is 14.2 Å². The Morgan fingerprint density at radius 3 is 2.48 bits per heavy atom. The van der Waals surface area contributed by atoms with Gasteiger partial charge in [-0.1, -0.05) is 23.2 Å². The summed E-state index contributed by atoms with van der Waals surface area (Å²) in [6.07, 6.45) is 1.48. The van der Waals surface area contributed by atoms with E-state index in [2.05, 4.69) is 10.1 Å². The number of aryl methyl sites for hydroxylation is 1. The van der Waals surface area contributed by atoms with E-state index >= 15 is 0 Å². The lowest BCUT2D eigenvalue weighted by molar-refractivity contribution is -0.146. The van der Waals surface area contributed by atoms with E-state index in [0.29, 0.717) is 39.5 Å². The van der Waals surface area contributed by atoms with Gasteiger partial charge < -0.3 is 14.2 Å². The number of rotatable bonds is 4. The Hall–Kier alpha value is -2.12. The number of nitrogens with zero attached hydrogens (tertiary/aromatic N) is 3. The predicted molar refractivity (Wildman–Crippen MR) is 101 cm³/mol. The second kappa shape index (κ2) is 7.13. The van der Waals surface area contributed by atoms with Crippen LogP contribution in [0.15, 0.2) is 48.8 Å². The van der Waals surface area contributed by atoms with Crippen molar-refractivity contribution in [2.24, 2.45) is 7.05 Å². The lowest BCUT2D eigenvalue weighted by Crippen LogP contribution is -2.31. The first kappa shape index (κ1) is 18.3. The van der Waals surface area contributed by atoms with Crippen molar-refractivity contribution in [2.45, 2.75) is 18.8 Å². The Morgan fingerprint density at radius 1 is 1.15 bits per heavy atom. The van der Waals surface area contributed by atoms with Gasteiger partial charge in [0.1, 0.15) is 17.8 Å². The molecule has 140 valence electrons. The fraction of sp³-hybridized carbons (Fsp3) is 0.263. The molecule has 4 rings (SSSR count). The number of halogens is 2. The first-order valence-electron chi connectivity index (χ1n) is 8.37. The van der Waals surface area contributed by atoms with Crippen LogP contribution in [0.4, 0.5) is 0 Å². The van der Waals surface area contributed by atoms with E-state index in [1.165, 1.54) is 0 Å². The summed E-state index contributed by atoms with van der Waals surface area (Å²) in [6.45, 7) is 2.34. The molecule has 2 unspecified atom stereocenters. The molecule has 0 amide bonds. The highest BCUT2D eigenvalue weighted by Crippen LogP contribution is 2.43. The predicted octanol–water partition coefficient (Wildman–Crippen LogP) is 4.55. The van der Waals surface area contributed by atoms with Crippen LogP contribution in [0.3, 0.4) is 0 Å². The molecule has 0 N–H and O–H groups in total. The van der Waals surface area contributed by atoms with Gasteiger partial charge in [0.25, 0.3) is 5.79 Å². The van der Waals surface area contributed by atoms with Crippen molar-refractivity contribution in [1.82, 2.24) is 14.8 Å². The van der Waals surface area contributed by atoms with Crippen LogP contribution in [0, 0.1) is 0 Å². The van der Waals surface area contributed by atoms with Gasteiger partial charge in [-0.2, -0.15) is 5.10 Å². The van der Waals surface area contributed by atoms with E-state index in [1.807, 2.05) is 13.0 Å². The zero-order valence-corrected chi connectivity index (χ0v) is 16.2. The van der Waals surface area contributed by atoms with Crippen molar-refractivity contribution >= 4 is 23.2 Å². The summed E-state index contributed by atoms with van der Waals surface area (Å²) in [6, 6.07) is 12.4. The molecule has 1 fully saturated rings. The third-order valence-corrected chi connectivity index (χ3v) is 4.69. The molecule has 3 aromatic rings. The molecule has 0 bridgehead atoms. The molecule has 1 aliphatic heterocycles. The van der Waals surface area contributed by atoms with Crippen LogP contribution < -0.4 is 4.74 Å². The summed E-state index contributed by atoms with van der Waals surface area (Å²) >= 11 is 12.5. The number of benzene rings is 2. The molecular weight excluding hydrogens is 389 g/mol. The van der Waals surface area contributed by atoms with Gasteiger partial charge in [0.2, 0.25) is 5.82 Å². The highest BCUT2D eigenvalue weighted by molar-refractivity contribution is 6.31. The van der Waals surface area contributed by atoms with Crippen molar-refractivity contribution in [2.75, 3.05) is 6.61 Å². The third kappa shape index (κ3) is 3.53. The lowest BCUT2D eigenvalue weighted by atomic mass is 10.0. The Bertz CT molecular complexity index is 961. The maximum absolute atomic E-state index is 6.57. The SMILES string of the molecule is CC1COC(c2ncn(C)n2)(c2ccc(Oc3ccc(Cl)cc3)cc2Cl)O1. The van der Waals surface area contributed by atoms with Gasteiger partial charge >= 0.3 is 0 Å². The molecule has 0 saturated carbocycles. The smallest absolute Gasteiger partial charge is 0.261 e. The fourth-order valence-corrected chi connectivity index (χ4v) is 3.34. The standard InChI is InChI=1S/C19H17Cl2N3O3/c1-12-10-25-19(27-12,18-22-11-24(2)23-18)16-8-7-15(9-17(16)21)26-14-5-3-13(20)4-6-14/h3-9,11-12H,10H2,1-2H3. The molecule has 8 heteroatoms. The van der Waals surface area contributed by atoms with Gasteiger partial charge in [-0.05, 0) is 49.4 Å². The second-order valence-corrected chi connectivity index (χ2v) is 7.14. The van der Waals surface area contributed by atoms with E-state index in [-0.39, 0.29) is 6.10 Å². The van der Waals surface area contributed by atoms with Gasteiger partial charge in [-0.15, -0.1) is 0 Å². The monoisotopic (exact) mass is 405 g/mol. The fourth-order valence-electron chi connectivity index (χ4n) is 2.92. The van der Waals surface area contributed by atoms with Crippen LogP contribution in [0.1, 0.15) is 18.3 Å². The normalized spacial score (nSPS) is 22.1. The zero-order chi connectivity index (χ0) is 19.0. The van der Waals surface area contributed by atoms with Crippen molar-refractivity contribution in [1.29, 1.82) is 0 Å². The highest BCUT2D eigenvalue weighted by atomic mass is 35.5. The van der Waals surface area contributed by atoms with Crippen molar-refractivity contribution in [3.63, 3.8) is 0 Å². The Balaban J connectivity index is 1.68. The van der Waals surface area contributed by atoms with E-state index in [0.717, 1.165) is 0 Å². The molecule has 1 aromatic heterocycles. The molecule has 0 aliphatic carbocycles. The number of hydrogen-bond acceptors (Lipinski definition) is 5. The first-order chi connectivity index (χ1) is 13.0. The first-order valence-corrected chi connectivity index (χ1v) is 9.13. The van der Waals surface area contributed by atoms with Gasteiger partial charge in [-0.3, -0.25) is 4.68 Å². The van der Waals surface area contributed by atoms with Crippen LogP contribution in [0.2, 0.25) is 10.0 Å². The molecule has 2 atom stereocenters. The van der Waals surface area contributed by atoms with Gasteiger partial charge in [0, 0.05) is 17.6 Å². The second-order valence-electron chi connectivity index (χ2n) is 6.30. The lowest BCUT2D eigenvalue weighted by Gasteiger charge is -2.26. The van der Waals surface area contributed by atoms with Gasteiger partial charge in [0.15, 0.2) is 0 Å². The van der Waals surface area contributed by atoms with Crippen molar-refractivity contribution in [3.05, 3.63) is 70.2 Å². The summed E-state index contributed by atoms with van der Waals surface area (Å²) in [5.74, 6) is 0.409. The molecular formula is C19H17Cl2N3O3. The minimum absolute atomic E-state index is 0.116. The zero-order valence-electron chi connectivity index (χ0n) is 14.7. The maximum atomic E-state index is 6.57. The molecule has 1 aliphatic rings. The largest absolute Gasteiger partial charge is 0.457 e. The molecule has 0 spiro atoms. The summed E-state index contributed by atoms with van der Waals surface area (Å²) in [5, 5.41) is 5.45. The molecule has 2 aromatic carbocycles. The van der Waals surface area contributed by atoms with Crippen LogP contribution in [0.5, 0.6) is 11.5 Å². The minimum atomic E-state index is -1.24. The maximum Gasteiger partial charge on any atom is 0.261 e. The Labute approximate surface area is 166 Å². The minimum Gasteiger partial charge on any atom is -0.457 e. The average Bonchev–Trinajstić information content (AvgIpc) is 3.24. The Kier molecular flexibility index (Phi) is 4.82. The van der Waals surface area contributed by atoms with Crippen LogP contribution in [-0.4, -0.2) is 27.5 Å². The topological polar surface area (TPSA) is 58.4 Å². The number of hydrogen-bond donors (Lipinski definition) is 0. The summed E-state index contributed by atoms with van der Waals surface area (Å²) in [7, 11) is 1.78. The van der Waals surface area contributed by atoms with E-state index in [4.69, 9.17) is 37.4 Å². The van der Waals surface area contributed by atoms with Crippen LogP contribution >= 0.6 is 23.2 Å². The molecule has 2 heterocycles. The molecule has 0 radical (unpaired) electrons. The van der Waals surface area contributed by atoms with Crippen LogP contribution in [-0.2, 0) is 22.3 Å². The Morgan fingerprint density at radius 2 is 1.89 bits per heavy atom. The quantitative estimate of drug-likeness (QED) is 0.636. The van der Waals surface area contributed by atoms with Gasteiger partial charge in [0.05, 0.1) is 17.7 Å². The summed E-state index contributed by atoms with van der Waals surface area (Å²) in [4.78, 5) is 4.32. The highest BCUT2D eigenvalue weighted by Gasteiger charge is 2.48. The van der Waals surface area contributed by atoms with E-state index in [1.54, 1.807) is 54.5 Å². The summed E-state index contributed by atoms with van der Waals surface area (Å²) in [5.41, 5.74) is 0.628. The van der Waals surface area contributed by atoms with E-state index < -0.39 is 5.79 Å². The van der Waals surface area contributed by atoms with Crippen molar-refractivity contribution in [3.8, 4) is 11.5 Å². The average molecular weight is 406 g/mol.